The molecular weight excluding hydrogens is 250 g/mol. The number of ether oxygens (including phenoxy) is 1. The Balaban J connectivity index is 1.88. The molecule has 1 fully saturated rings. The summed E-state index contributed by atoms with van der Waals surface area (Å²) >= 11 is 0. The highest BCUT2D eigenvalue weighted by Gasteiger charge is 2.32. The molecule has 1 aliphatic heterocycles. The van der Waals surface area contributed by atoms with Crippen LogP contribution in [0.4, 0.5) is 0 Å². The largest absolute Gasteiger partial charge is 0.370 e. The number of fused-ring (bicyclic) bond motifs is 1. The fraction of sp³-hybridized carbons (Fsp3) is 0.562. The molecule has 2 aromatic heterocycles. The van der Waals surface area contributed by atoms with Crippen molar-refractivity contribution in [1.82, 2.24) is 9.55 Å². The van der Waals surface area contributed by atoms with Crippen LogP contribution in [0.15, 0.2) is 24.5 Å². The molecule has 2 aromatic rings. The van der Waals surface area contributed by atoms with Gasteiger partial charge < -0.3 is 15.0 Å². The zero-order valence-corrected chi connectivity index (χ0v) is 12.3. The molecule has 0 saturated carbocycles. The summed E-state index contributed by atoms with van der Waals surface area (Å²) in [5.41, 5.74) is 8.05. The van der Waals surface area contributed by atoms with Crippen molar-refractivity contribution in [3.8, 4) is 0 Å². The third kappa shape index (κ3) is 2.58. The summed E-state index contributed by atoms with van der Waals surface area (Å²) in [6.45, 7) is 5.88. The van der Waals surface area contributed by atoms with Crippen LogP contribution in [0.3, 0.4) is 0 Å². The van der Waals surface area contributed by atoms with Crippen molar-refractivity contribution in [2.24, 2.45) is 5.73 Å². The van der Waals surface area contributed by atoms with Crippen LogP contribution in [-0.4, -0.2) is 27.8 Å². The molecule has 1 unspecified atom stereocenters. The quantitative estimate of drug-likeness (QED) is 0.931. The van der Waals surface area contributed by atoms with Gasteiger partial charge in [0.15, 0.2) is 0 Å². The molecule has 0 radical (unpaired) electrons. The van der Waals surface area contributed by atoms with Crippen LogP contribution in [0.2, 0.25) is 0 Å². The minimum absolute atomic E-state index is 0.0150. The second-order valence-electron chi connectivity index (χ2n) is 6.26. The summed E-state index contributed by atoms with van der Waals surface area (Å²) in [5.74, 6) is 0. The van der Waals surface area contributed by atoms with Gasteiger partial charge in [0.25, 0.3) is 0 Å². The maximum Gasteiger partial charge on any atom is 0.140 e. The first kappa shape index (κ1) is 13.6. The fourth-order valence-corrected chi connectivity index (χ4v) is 3.11. The summed E-state index contributed by atoms with van der Waals surface area (Å²) in [6, 6.07) is 4.12. The number of pyridine rings is 1. The molecule has 4 heteroatoms. The monoisotopic (exact) mass is 273 g/mol. The molecule has 0 bridgehead atoms. The van der Waals surface area contributed by atoms with Gasteiger partial charge in [-0.15, -0.1) is 0 Å². The molecule has 1 atom stereocenters. The van der Waals surface area contributed by atoms with Gasteiger partial charge in [0.05, 0.1) is 18.2 Å². The topological polar surface area (TPSA) is 53.1 Å². The van der Waals surface area contributed by atoms with E-state index in [0.717, 1.165) is 31.5 Å². The maximum absolute atomic E-state index is 6.10. The van der Waals surface area contributed by atoms with Gasteiger partial charge in [0, 0.05) is 17.8 Å². The molecule has 1 aliphatic rings. The Morgan fingerprint density at radius 3 is 3.05 bits per heavy atom. The highest BCUT2D eigenvalue weighted by molar-refractivity contribution is 5.80. The Kier molecular flexibility index (Phi) is 3.52. The Bertz CT molecular complexity index is 603. The van der Waals surface area contributed by atoms with Gasteiger partial charge in [-0.3, -0.25) is 0 Å². The highest BCUT2D eigenvalue weighted by Crippen LogP contribution is 2.31. The predicted octanol–water partition coefficient (Wildman–Crippen LogP) is 2.50. The zero-order chi connectivity index (χ0) is 14.2. The van der Waals surface area contributed by atoms with Gasteiger partial charge in [-0.1, -0.05) is 0 Å². The molecule has 20 heavy (non-hydrogen) atoms. The van der Waals surface area contributed by atoms with Gasteiger partial charge in [-0.25, -0.2) is 4.98 Å². The summed E-state index contributed by atoms with van der Waals surface area (Å²) in [5, 5.41) is 1.22. The second kappa shape index (κ2) is 5.19. The van der Waals surface area contributed by atoms with Gasteiger partial charge in [0.2, 0.25) is 0 Å². The third-order valence-electron chi connectivity index (χ3n) is 4.08. The molecular formula is C16H23N3O. The molecule has 0 aromatic carbocycles. The smallest absolute Gasteiger partial charge is 0.140 e. The molecule has 3 heterocycles. The Hall–Kier alpha value is -1.39. The van der Waals surface area contributed by atoms with Crippen molar-refractivity contribution in [2.75, 3.05) is 6.54 Å². The van der Waals surface area contributed by atoms with Crippen LogP contribution in [0.1, 0.15) is 32.3 Å². The SMILES string of the molecule is CC1(C)CCC(Cn2cc(CCN)c3cccnc32)O1. The van der Waals surface area contributed by atoms with Crippen LogP contribution < -0.4 is 5.73 Å². The van der Waals surface area contributed by atoms with Crippen molar-refractivity contribution in [2.45, 2.75) is 51.4 Å². The van der Waals surface area contributed by atoms with E-state index < -0.39 is 0 Å². The molecule has 4 nitrogen and oxygen atoms in total. The number of rotatable bonds is 4. The number of nitrogens with two attached hydrogens (primary N) is 1. The van der Waals surface area contributed by atoms with E-state index in [-0.39, 0.29) is 11.7 Å². The Morgan fingerprint density at radius 2 is 2.35 bits per heavy atom. The van der Waals surface area contributed by atoms with Crippen molar-refractivity contribution in [1.29, 1.82) is 0 Å². The first-order valence-corrected chi connectivity index (χ1v) is 7.40. The second-order valence-corrected chi connectivity index (χ2v) is 6.26. The van der Waals surface area contributed by atoms with Crippen LogP contribution in [0, 0.1) is 0 Å². The van der Waals surface area contributed by atoms with Crippen molar-refractivity contribution < 1.29 is 4.74 Å². The van der Waals surface area contributed by atoms with Gasteiger partial charge in [0.1, 0.15) is 5.65 Å². The fourth-order valence-electron chi connectivity index (χ4n) is 3.11. The minimum atomic E-state index is 0.0150. The Labute approximate surface area is 119 Å². The van der Waals surface area contributed by atoms with E-state index in [9.17, 15) is 0 Å². The number of hydrogen-bond donors (Lipinski definition) is 1. The van der Waals surface area contributed by atoms with E-state index in [1.807, 2.05) is 12.3 Å². The van der Waals surface area contributed by atoms with E-state index in [0.29, 0.717) is 6.54 Å². The molecule has 0 aliphatic carbocycles. The molecule has 3 rings (SSSR count). The predicted molar refractivity (Wildman–Crippen MR) is 80.7 cm³/mol. The van der Waals surface area contributed by atoms with E-state index in [4.69, 9.17) is 10.5 Å². The summed E-state index contributed by atoms with van der Waals surface area (Å²) in [4.78, 5) is 4.53. The van der Waals surface area contributed by atoms with Crippen molar-refractivity contribution >= 4 is 11.0 Å². The highest BCUT2D eigenvalue weighted by atomic mass is 16.5. The standard InChI is InChI=1S/C16H23N3O/c1-16(2)7-5-13(20-16)11-19-10-12(6-8-17)14-4-3-9-18-15(14)19/h3-4,9-10,13H,5-8,11,17H2,1-2H3. The first-order valence-electron chi connectivity index (χ1n) is 7.40. The summed E-state index contributed by atoms with van der Waals surface area (Å²) in [6.07, 6.45) is 7.47. The third-order valence-corrected chi connectivity index (χ3v) is 4.08. The maximum atomic E-state index is 6.10. The van der Waals surface area contributed by atoms with Gasteiger partial charge >= 0.3 is 0 Å². The van der Waals surface area contributed by atoms with Crippen LogP contribution in [-0.2, 0) is 17.7 Å². The lowest BCUT2D eigenvalue weighted by molar-refractivity contribution is -0.0212. The minimum Gasteiger partial charge on any atom is -0.370 e. The average Bonchev–Trinajstić information content (AvgIpc) is 2.93. The number of nitrogens with zero attached hydrogens (tertiary/aromatic N) is 2. The van der Waals surface area contributed by atoms with Crippen molar-refractivity contribution in [3.05, 3.63) is 30.1 Å². The lowest BCUT2D eigenvalue weighted by atomic mass is 10.1. The van der Waals surface area contributed by atoms with Gasteiger partial charge in [-0.05, 0) is 57.4 Å². The van der Waals surface area contributed by atoms with E-state index in [2.05, 4.69) is 35.7 Å². The van der Waals surface area contributed by atoms with Crippen molar-refractivity contribution in [3.63, 3.8) is 0 Å². The average molecular weight is 273 g/mol. The molecule has 108 valence electrons. The summed E-state index contributed by atoms with van der Waals surface area (Å²) in [7, 11) is 0. The Morgan fingerprint density at radius 1 is 1.50 bits per heavy atom. The first-order chi connectivity index (χ1) is 9.59. The van der Waals surface area contributed by atoms with E-state index in [1.54, 1.807) is 0 Å². The lowest BCUT2D eigenvalue weighted by Gasteiger charge is -2.19. The summed E-state index contributed by atoms with van der Waals surface area (Å²) < 4.78 is 8.33. The van der Waals surface area contributed by atoms with Crippen LogP contribution >= 0.6 is 0 Å². The molecule has 0 spiro atoms. The zero-order valence-electron chi connectivity index (χ0n) is 12.3. The normalized spacial score (nSPS) is 21.6. The molecule has 0 amide bonds. The molecule has 2 N–H and O–H groups in total. The number of aromatic nitrogens is 2. The van der Waals surface area contributed by atoms with Gasteiger partial charge in [-0.2, -0.15) is 0 Å². The number of hydrogen-bond acceptors (Lipinski definition) is 3. The van der Waals surface area contributed by atoms with Crippen LogP contribution in [0.25, 0.3) is 11.0 Å². The van der Waals surface area contributed by atoms with E-state index >= 15 is 0 Å². The lowest BCUT2D eigenvalue weighted by Crippen LogP contribution is -2.22. The van der Waals surface area contributed by atoms with Crippen LogP contribution in [0.5, 0.6) is 0 Å². The molecule has 1 saturated heterocycles. The van der Waals surface area contributed by atoms with E-state index in [1.165, 1.54) is 10.9 Å².